The van der Waals surface area contributed by atoms with Gasteiger partial charge < -0.3 is 43.2 Å². The van der Waals surface area contributed by atoms with Gasteiger partial charge >= 0.3 is 24.2 Å². The molecule has 0 amide bonds. The highest BCUT2D eigenvalue weighted by Crippen LogP contribution is 2.65. The Bertz CT molecular complexity index is 1490. The fourth-order valence-electron chi connectivity index (χ4n) is 7.15. The van der Waals surface area contributed by atoms with Crippen LogP contribution in [-0.4, -0.2) is 89.5 Å². The Morgan fingerprint density at radius 2 is 1.73 bits per heavy atom. The van der Waals surface area contributed by atoms with Crippen molar-refractivity contribution in [1.82, 2.24) is 4.90 Å². The van der Waals surface area contributed by atoms with Crippen LogP contribution in [0.25, 0.3) is 0 Å². The minimum Gasteiger partial charge on any atom is -0.477 e. The van der Waals surface area contributed by atoms with E-state index in [9.17, 15) is 24.3 Å². The molecule has 1 aromatic rings. The van der Waals surface area contributed by atoms with Crippen molar-refractivity contribution in [3.63, 3.8) is 0 Å². The van der Waals surface area contributed by atoms with Gasteiger partial charge in [-0.3, -0.25) is 4.79 Å². The maximum Gasteiger partial charge on any atom is 0.514 e. The number of rotatable bonds is 9. The second-order valence-electron chi connectivity index (χ2n) is 14.9. The number of carbonyl (C=O) groups excluding carboxylic acids is 4. The van der Waals surface area contributed by atoms with Gasteiger partial charge in [-0.1, -0.05) is 19.4 Å². The largest absolute Gasteiger partial charge is 0.514 e. The second-order valence-corrected chi connectivity index (χ2v) is 14.9. The minimum atomic E-state index is -1.69. The molecule has 0 unspecified atom stereocenters. The van der Waals surface area contributed by atoms with Crippen molar-refractivity contribution < 1.29 is 57.4 Å². The van der Waals surface area contributed by atoms with E-state index in [1.165, 1.54) is 0 Å². The molecule has 2 aliphatic heterocycles. The van der Waals surface area contributed by atoms with E-state index in [1.807, 2.05) is 20.0 Å². The van der Waals surface area contributed by atoms with Gasteiger partial charge in [0, 0.05) is 18.0 Å². The van der Waals surface area contributed by atoms with Crippen LogP contribution in [0.15, 0.2) is 24.0 Å². The molecule has 13 nitrogen and oxygen atoms in total. The first-order valence-corrected chi connectivity index (χ1v) is 16.5. The van der Waals surface area contributed by atoms with Gasteiger partial charge in [0.15, 0.2) is 17.6 Å². The molecule has 0 saturated carbocycles. The zero-order valence-electron chi connectivity index (χ0n) is 29.0. The summed E-state index contributed by atoms with van der Waals surface area (Å²) in [7, 11) is 1.96. The van der Waals surface area contributed by atoms with Crippen LogP contribution in [0.3, 0.4) is 0 Å². The van der Waals surface area contributed by atoms with Crippen LogP contribution in [0.1, 0.15) is 91.7 Å². The molecule has 2 aliphatic carbocycles. The molecule has 1 fully saturated rings. The molecule has 0 aromatic heterocycles. The maximum absolute atomic E-state index is 13.7. The Labute approximate surface area is 280 Å². The number of unbranched alkanes of at least 4 members (excludes halogenated alkanes) is 1. The first-order valence-electron chi connectivity index (χ1n) is 16.5. The number of likely N-dealkylation sites (tertiary alicyclic amines) is 1. The molecule has 1 N–H and O–H groups in total. The third-order valence-electron chi connectivity index (χ3n) is 9.14. The number of ether oxygens (including phenoxy) is 7. The van der Waals surface area contributed by atoms with E-state index in [0.29, 0.717) is 31.4 Å². The van der Waals surface area contributed by atoms with E-state index in [2.05, 4.69) is 4.90 Å². The molecule has 0 radical (unpaired) electrons. The number of esters is 2. The molecule has 2 bridgehead atoms. The zero-order chi connectivity index (χ0) is 35.2. The summed E-state index contributed by atoms with van der Waals surface area (Å²) >= 11 is 0. The summed E-state index contributed by atoms with van der Waals surface area (Å²) in [6, 6.07) is 3.22. The van der Waals surface area contributed by atoms with Crippen molar-refractivity contribution in [3.8, 4) is 11.5 Å². The van der Waals surface area contributed by atoms with Crippen LogP contribution in [0.5, 0.6) is 11.5 Å². The molecule has 2 heterocycles. The van der Waals surface area contributed by atoms with Crippen LogP contribution in [0.4, 0.5) is 9.59 Å². The third kappa shape index (κ3) is 6.71. The lowest BCUT2D eigenvalue weighted by Crippen LogP contribution is -2.74. The summed E-state index contributed by atoms with van der Waals surface area (Å²) in [6.07, 6.45) is -1.26. The number of likely N-dealkylation sites (N-methyl/N-ethyl adjacent to an activating group) is 1. The van der Waals surface area contributed by atoms with Crippen LogP contribution in [0, 0.1) is 0 Å². The van der Waals surface area contributed by atoms with E-state index in [-0.39, 0.29) is 36.3 Å². The van der Waals surface area contributed by atoms with Crippen molar-refractivity contribution in [2.24, 2.45) is 0 Å². The lowest BCUT2D eigenvalue weighted by molar-refractivity contribution is -0.174. The van der Waals surface area contributed by atoms with E-state index in [0.717, 1.165) is 12.0 Å². The average Bonchev–Trinajstić information content (AvgIpc) is 3.31. The van der Waals surface area contributed by atoms with Crippen molar-refractivity contribution in [1.29, 1.82) is 0 Å². The smallest absolute Gasteiger partial charge is 0.477 e. The topological polar surface area (TPSA) is 156 Å². The van der Waals surface area contributed by atoms with Crippen LogP contribution in [-0.2, 0) is 45.1 Å². The molecule has 5 rings (SSSR count). The first kappa shape index (κ1) is 35.5. The number of benzene rings is 1. The van der Waals surface area contributed by atoms with Gasteiger partial charge in [0.1, 0.15) is 17.0 Å². The lowest BCUT2D eigenvalue weighted by Gasteiger charge is -2.61. The third-order valence-corrected chi connectivity index (χ3v) is 9.14. The highest BCUT2D eigenvalue weighted by atomic mass is 16.7. The summed E-state index contributed by atoms with van der Waals surface area (Å²) in [6.45, 7) is 12.8. The number of piperidine rings is 1. The second kappa shape index (κ2) is 12.9. The zero-order valence-corrected chi connectivity index (χ0v) is 29.0. The summed E-state index contributed by atoms with van der Waals surface area (Å²) in [4.78, 5) is 53.8. The van der Waals surface area contributed by atoms with Gasteiger partial charge in [0.25, 0.3) is 0 Å². The number of hydrogen-bond acceptors (Lipinski definition) is 13. The average molecular weight is 674 g/mol. The van der Waals surface area contributed by atoms with Gasteiger partial charge in [0.05, 0.1) is 24.0 Å². The molecule has 264 valence electrons. The highest BCUT2D eigenvalue weighted by Gasteiger charge is 2.72. The minimum absolute atomic E-state index is 0.0809. The Morgan fingerprint density at radius 1 is 1.04 bits per heavy atom. The molecular formula is C35H47NO12. The normalized spacial score (nSPS) is 26.2. The predicted octanol–water partition coefficient (Wildman–Crippen LogP) is 4.88. The summed E-state index contributed by atoms with van der Waals surface area (Å²) < 4.78 is 39.3. The Hall–Kier alpha value is -3.84. The number of carbonyl (C=O) groups is 4. The molecule has 1 spiro atoms. The van der Waals surface area contributed by atoms with Gasteiger partial charge in [-0.2, -0.15) is 0 Å². The lowest BCUT2D eigenvalue weighted by atomic mass is 9.50. The molecule has 1 aromatic carbocycles. The molecule has 13 heteroatoms. The van der Waals surface area contributed by atoms with Crippen LogP contribution >= 0.6 is 0 Å². The number of hydrogen-bond donors (Lipinski definition) is 1. The number of aliphatic hydroxyl groups is 1. The van der Waals surface area contributed by atoms with E-state index < -0.39 is 65.1 Å². The molecule has 48 heavy (non-hydrogen) atoms. The molecule has 4 aliphatic rings. The predicted molar refractivity (Wildman–Crippen MR) is 169 cm³/mol. The van der Waals surface area contributed by atoms with Crippen molar-refractivity contribution in [3.05, 3.63) is 35.1 Å². The fraction of sp³-hybridized carbons (Fsp3) is 0.657. The maximum atomic E-state index is 13.7. The molecule has 1 saturated heterocycles. The van der Waals surface area contributed by atoms with Crippen molar-refractivity contribution >= 4 is 24.2 Å². The number of nitrogens with zero attached hydrogens (tertiary/aromatic N) is 1. The Morgan fingerprint density at radius 3 is 2.40 bits per heavy atom. The van der Waals surface area contributed by atoms with E-state index >= 15 is 0 Å². The van der Waals surface area contributed by atoms with Crippen LogP contribution in [0.2, 0.25) is 0 Å². The standard InChI is InChI=1S/C35H47NO12/c1-9-10-17-42-25(37)19-23(45-31(40)48-33(5,6)7)29(38)43-22-13-14-35(41)24-18-20-11-12-21(44-30(39)47-32(2,3)4)27-26(20)34(35,28(22)46-27)15-16-36(24)8/h11-13,23-24,28,41H,9-10,14-19H2,1-8H3/t23-,24+,28-,34-,35+/m0/s1. The van der Waals surface area contributed by atoms with Gasteiger partial charge in [-0.05, 0) is 92.1 Å². The fourth-order valence-corrected chi connectivity index (χ4v) is 7.15. The summed E-state index contributed by atoms with van der Waals surface area (Å²) in [5, 5.41) is 12.5. The quantitative estimate of drug-likeness (QED) is 0.164. The SMILES string of the molecule is CCCCOC(=O)C[C@H](OC(=O)OC(C)(C)C)C(=O)OC1=CC[C@@]2(O)[C@H]3Cc4ccc(OC(=O)OC(C)(C)C)c5c4[C@@]2(CCN3C)[C@H]1O5. The van der Waals surface area contributed by atoms with E-state index in [1.54, 1.807) is 53.7 Å². The van der Waals surface area contributed by atoms with Crippen molar-refractivity contribution in [2.45, 2.75) is 127 Å². The summed E-state index contributed by atoms with van der Waals surface area (Å²) in [5.41, 5.74) is -2.49. The first-order chi connectivity index (χ1) is 22.4. The Balaban J connectivity index is 1.47. The van der Waals surface area contributed by atoms with Gasteiger partial charge in [-0.25, -0.2) is 14.4 Å². The Kier molecular flexibility index (Phi) is 9.52. The monoisotopic (exact) mass is 673 g/mol. The molecular weight excluding hydrogens is 626 g/mol. The van der Waals surface area contributed by atoms with Gasteiger partial charge in [0.2, 0.25) is 6.10 Å². The van der Waals surface area contributed by atoms with E-state index in [4.69, 9.17) is 33.2 Å². The van der Waals surface area contributed by atoms with Crippen molar-refractivity contribution in [2.75, 3.05) is 20.2 Å². The van der Waals surface area contributed by atoms with Crippen LogP contribution < -0.4 is 9.47 Å². The molecule has 5 atom stereocenters. The highest BCUT2D eigenvalue weighted by molar-refractivity contribution is 5.84. The van der Waals surface area contributed by atoms with Gasteiger partial charge in [-0.15, -0.1) is 0 Å². The summed E-state index contributed by atoms with van der Waals surface area (Å²) in [5.74, 6) is -1.33.